The summed E-state index contributed by atoms with van der Waals surface area (Å²) in [6.45, 7) is 5.80. The summed E-state index contributed by atoms with van der Waals surface area (Å²) in [5.74, 6) is -0.731. The van der Waals surface area contributed by atoms with Crippen LogP contribution in [0.4, 0.5) is 5.69 Å². The lowest BCUT2D eigenvalue weighted by Crippen LogP contribution is -2.36. The fraction of sp³-hybridized carbons (Fsp3) is 0.158. The van der Waals surface area contributed by atoms with E-state index >= 15 is 0 Å². The molecule has 0 heterocycles. The minimum Gasteiger partial charge on any atom is -0.490 e. The molecular weight excluding hydrogens is 304 g/mol. The summed E-state index contributed by atoms with van der Waals surface area (Å²) in [4.78, 5) is 23.9. The second kappa shape index (κ2) is 8.53. The molecule has 0 fully saturated rings. The van der Waals surface area contributed by atoms with Crippen LogP contribution < -0.4 is 15.4 Å². The fourth-order valence-electron chi connectivity index (χ4n) is 2.06. The van der Waals surface area contributed by atoms with Crippen LogP contribution in [0.2, 0.25) is 0 Å². The second-order valence-corrected chi connectivity index (χ2v) is 5.18. The molecule has 0 aromatic heterocycles. The van der Waals surface area contributed by atoms with Crippen LogP contribution in [0, 0.1) is 0 Å². The molecule has 0 saturated carbocycles. The third-order valence-corrected chi connectivity index (χ3v) is 3.33. The lowest BCUT2D eigenvalue weighted by atomic mass is 10.1. The van der Waals surface area contributed by atoms with Crippen molar-refractivity contribution in [1.29, 1.82) is 0 Å². The van der Waals surface area contributed by atoms with Gasteiger partial charge < -0.3 is 15.4 Å². The largest absolute Gasteiger partial charge is 0.490 e. The highest BCUT2D eigenvalue weighted by atomic mass is 16.5. The van der Waals surface area contributed by atoms with Crippen molar-refractivity contribution >= 4 is 17.5 Å². The Labute approximate surface area is 141 Å². The number of nitrogens with one attached hydrogen (secondary N) is 2. The minimum atomic E-state index is -0.711. The number of carbonyl (C=O) groups is 2. The van der Waals surface area contributed by atoms with E-state index in [2.05, 4.69) is 17.2 Å². The van der Waals surface area contributed by atoms with Crippen LogP contribution >= 0.6 is 0 Å². The smallest absolute Gasteiger partial charge is 0.313 e. The second-order valence-electron chi connectivity index (χ2n) is 5.18. The first-order valence-corrected chi connectivity index (χ1v) is 7.60. The predicted molar refractivity (Wildman–Crippen MR) is 93.8 cm³/mol. The Balaban J connectivity index is 1.89. The van der Waals surface area contributed by atoms with Crippen molar-refractivity contribution < 1.29 is 14.3 Å². The van der Waals surface area contributed by atoms with Gasteiger partial charge in [-0.3, -0.25) is 9.59 Å². The van der Waals surface area contributed by atoms with E-state index in [0.717, 1.165) is 5.56 Å². The van der Waals surface area contributed by atoms with Gasteiger partial charge in [-0.25, -0.2) is 0 Å². The van der Waals surface area contributed by atoms with E-state index in [4.69, 9.17) is 4.74 Å². The average molecular weight is 324 g/mol. The van der Waals surface area contributed by atoms with E-state index < -0.39 is 11.8 Å². The Kier molecular flexibility index (Phi) is 6.14. The lowest BCUT2D eigenvalue weighted by Gasteiger charge is -2.14. The summed E-state index contributed by atoms with van der Waals surface area (Å²) in [6.07, 6.45) is 1.65. The van der Waals surface area contributed by atoms with Gasteiger partial charge in [0.15, 0.2) is 0 Å². The zero-order valence-electron chi connectivity index (χ0n) is 13.5. The summed E-state index contributed by atoms with van der Waals surface area (Å²) in [7, 11) is 0. The van der Waals surface area contributed by atoms with E-state index in [0.29, 0.717) is 18.0 Å². The minimum absolute atomic E-state index is 0.251. The molecule has 0 aliphatic rings. The summed E-state index contributed by atoms with van der Waals surface area (Å²) in [5, 5.41) is 5.22. The Hall–Kier alpha value is -3.08. The normalized spacial score (nSPS) is 11.2. The zero-order valence-corrected chi connectivity index (χ0v) is 13.5. The van der Waals surface area contributed by atoms with E-state index in [1.165, 1.54) is 0 Å². The van der Waals surface area contributed by atoms with Gasteiger partial charge in [0.2, 0.25) is 0 Å². The van der Waals surface area contributed by atoms with Crippen LogP contribution in [0.15, 0.2) is 67.3 Å². The summed E-state index contributed by atoms with van der Waals surface area (Å²) < 4.78 is 5.35. The van der Waals surface area contributed by atoms with Crippen LogP contribution in [0.1, 0.15) is 18.5 Å². The Bertz CT molecular complexity index is 696. The average Bonchev–Trinajstić information content (AvgIpc) is 2.61. The molecule has 0 saturated heterocycles. The maximum Gasteiger partial charge on any atom is 0.313 e. The molecule has 2 aromatic rings. The fourth-order valence-corrected chi connectivity index (χ4v) is 2.06. The van der Waals surface area contributed by atoms with E-state index in [1.807, 2.05) is 37.3 Å². The van der Waals surface area contributed by atoms with E-state index in [-0.39, 0.29) is 6.04 Å². The molecule has 1 atom stereocenters. The number of benzene rings is 2. The van der Waals surface area contributed by atoms with Gasteiger partial charge in [0.1, 0.15) is 12.4 Å². The number of amides is 2. The Morgan fingerprint density at radius 1 is 1.08 bits per heavy atom. The molecule has 0 unspecified atom stereocenters. The molecular formula is C19H20N2O3. The topological polar surface area (TPSA) is 67.4 Å². The molecule has 124 valence electrons. The van der Waals surface area contributed by atoms with Crippen LogP contribution in [0.5, 0.6) is 5.75 Å². The highest BCUT2D eigenvalue weighted by Crippen LogP contribution is 2.16. The highest BCUT2D eigenvalue weighted by molar-refractivity contribution is 6.39. The molecule has 0 bridgehead atoms. The first-order chi connectivity index (χ1) is 11.6. The Morgan fingerprint density at radius 3 is 2.38 bits per heavy atom. The van der Waals surface area contributed by atoms with Crippen molar-refractivity contribution in [2.75, 3.05) is 11.9 Å². The molecule has 2 amide bonds. The Morgan fingerprint density at radius 2 is 1.75 bits per heavy atom. The van der Waals surface area contributed by atoms with Gasteiger partial charge in [-0.2, -0.15) is 0 Å². The van der Waals surface area contributed by atoms with E-state index in [9.17, 15) is 9.59 Å². The molecule has 0 aliphatic heterocycles. The highest BCUT2D eigenvalue weighted by Gasteiger charge is 2.17. The summed E-state index contributed by atoms with van der Waals surface area (Å²) in [6, 6.07) is 16.0. The molecule has 2 N–H and O–H groups in total. The van der Waals surface area contributed by atoms with Crippen LogP contribution in [0.25, 0.3) is 0 Å². The summed E-state index contributed by atoms with van der Waals surface area (Å²) >= 11 is 0. The third kappa shape index (κ3) is 4.98. The van der Waals surface area contributed by atoms with Crippen LogP contribution in [0.3, 0.4) is 0 Å². The molecule has 0 spiro atoms. The number of anilines is 1. The molecule has 5 heteroatoms. The van der Waals surface area contributed by atoms with Crippen molar-refractivity contribution in [2.45, 2.75) is 13.0 Å². The number of ether oxygens (including phenoxy) is 1. The number of carbonyl (C=O) groups excluding carboxylic acids is 2. The molecule has 24 heavy (non-hydrogen) atoms. The van der Waals surface area contributed by atoms with Crippen molar-refractivity contribution in [2.24, 2.45) is 0 Å². The standard InChI is InChI=1S/C19H20N2O3/c1-3-13-24-17-11-9-16(10-12-17)21-19(23)18(22)20-14(2)15-7-5-4-6-8-15/h3-12,14H,1,13H2,2H3,(H,20,22)(H,21,23)/t14-/m1/s1. The van der Waals surface area contributed by atoms with Crippen molar-refractivity contribution in [3.63, 3.8) is 0 Å². The monoisotopic (exact) mass is 324 g/mol. The van der Waals surface area contributed by atoms with Gasteiger partial charge in [0.05, 0.1) is 6.04 Å². The number of hydrogen-bond acceptors (Lipinski definition) is 3. The first kappa shape index (κ1) is 17.3. The van der Waals surface area contributed by atoms with Crippen LogP contribution in [-0.4, -0.2) is 18.4 Å². The maximum absolute atomic E-state index is 12.0. The lowest BCUT2D eigenvalue weighted by molar-refractivity contribution is -0.136. The van der Waals surface area contributed by atoms with E-state index in [1.54, 1.807) is 30.3 Å². The van der Waals surface area contributed by atoms with Gasteiger partial charge >= 0.3 is 11.8 Å². The summed E-state index contributed by atoms with van der Waals surface area (Å²) in [5.41, 5.74) is 1.45. The van der Waals surface area contributed by atoms with Gasteiger partial charge in [-0.1, -0.05) is 43.0 Å². The SMILES string of the molecule is C=CCOc1ccc(NC(=O)C(=O)N[C@H](C)c2ccccc2)cc1. The molecule has 2 rings (SSSR count). The molecule has 0 radical (unpaired) electrons. The quantitative estimate of drug-likeness (QED) is 0.634. The number of hydrogen-bond donors (Lipinski definition) is 2. The number of rotatable bonds is 6. The van der Waals surface area contributed by atoms with Crippen molar-refractivity contribution in [3.05, 3.63) is 72.8 Å². The van der Waals surface area contributed by atoms with Crippen molar-refractivity contribution in [1.82, 2.24) is 5.32 Å². The van der Waals surface area contributed by atoms with Gasteiger partial charge in [-0.05, 0) is 36.8 Å². The first-order valence-electron chi connectivity index (χ1n) is 7.60. The maximum atomic E-state index is 12.0. The predicted octanol–water partition coefficient (Wildman–Crippen LogP) is 3.07. The molecule has 2 aromatic carbocycles. The van der Waals surface area contributed by atoms with Gasteiger partial charge in [-0.15, -0.1) is 0 Å². The van der Waals surface area contributed by atoms with Gasteiger partial charge in [0, 0.05) is 5.69 Å². The van der Waals surface area contributed by atoms with Crippen LogP contribution in [-0.2, 0) is 9.59 Å². The molecule has 5 nitrogen and oxygen atoms in total. The van der Waals surface area contributed by atoms with Gasteiger partial charge in [0.25, 0.3) is 0 Å². The van der Waals surface area contributed by atoms with Crippen molar-refractivity contribution in [3.8, 4) is 5.75 Å². The third-order valence-electron chi connectivity index (χ3n) is 3.33. The zero-order chi connectivity index (χ0) is 17.4. The molecule has 0 aliphatic carbocycles.